The molecule has 0 saturated heterocycles. The van der Waals surface area contributed by atoms with Gasteiger partial charge in [-0.2, -0.15) is 0 Å². The molecule has 1 aromatic rings. The zero-order valence-corrected chi connectivity index (χ0v) is 12.1. The van der Waals surface area contributed by atoms with Gasteiger partial charge in [0.15, 0.2) is 0 Å². The quantitative estimate of drug-likeness (QED) is 0.602. The summed E-state index contributed by atoms with van der Waals surface area (Å²) in [5, 5.41) is 0. The first-order valence-corrected chi connectivity index (χ1v) is 6.34. The van der Waals surface area contributed by atoms with Crippen LogP contribution in [0.1, 0.15) is 30.9 Å². The minimum Gasteiger partial charge on any atom is -0.492 e. The van der Waals surface area contributed by atoms with Gasteiger partial charge in [0.2, 0.25) is 0 Å². The Balaban J connectivity index is 2.91. The number of ether oxygens (including phenoxy) is 1. The summed E-state index contributed by atoms with van der Waals surface area (Å²) in [4.78, 5) is 2.11. The molecule has 18 heavy (non-hydrogen) atoms. The molecular weight excluding hydrogens is 226 g/mol. The molecule has 0 spiro atoms. The molecular formula is C14H25N3O. The molecule has 4 nitrogen and oxygen atoms in total. The number of nitrogens with two attached hydrogens (primary N) is 1. The zero-order chi connectivity index (χ0) is 13.7. The van der Waals surface area contributed by atoms with Gasteiger partial charge < -0.3 is 15.1 Å². The average molecular weight is 251 g/mol. The lowest BCUT2D eigenvalue weighted by molar-refractivity contribution is 0.259. The zero-order valence-electron chi connectivity index (χ0n) is 12.1. The van der Waals surface area contributed by atoms with Crippen molar-refractivity contribution in [1.29, 1.82) is 0 Å². The van der Waals surface area contributed by atoms with Crippen LogP contribution in [0.4, 0.5) is 5.69 Å². The maximum atomic E-state index is 5.88. The Labute approximate surface area is 110 Å². The molecule has 0 fully saturated rings. The molecule has 0 saturated carbocycles. The number of likely N-dealkylation sites (N-methyl/N-ethyl adjacent to an activating group) is 1. The maximum absolute atomic E-state index is 5.88. The summed E-state index contributed by atoms with van der Waals surface area (Å²) in [5.41, 5.74) is 5.97. The largest absolute Gasteiger partial charge is 0.492 e. The van der Waals surface area contributed by atoms with Crippen LogP contribution in [-0.2, 0) is 0 Å². The molecule has 0 aromatic heterocycles. The van der Waals surface area contributed by atoms with E-state index in [0.29, 0.717) is 12.5 Å². The number of hydrogen-bond acceptors (Lipinski definition) is 4. The first-order valence-electron chi connectivity index (χ1n) is 6.34. The molecule has 0 aliphatic heterocycles. The number of nitrogen functional groups attached to an aromatic ring is 1. The van der Waals surface area contributed by atoms with E-state index < -0.39 is 0 Å². The minimum atomic E-state index is 0.409. The molecule has 0 aliphatic rings. The first-order chi connectivity index (χ1) is 8.45. The van der Waals surface area contributed by atoms with Crippen molar-refractivity contribution in [3.8, 4) is 5.75 Å². The summed E-state index contributed by atoms with van der Waals surface area (Å²) in [6, 6.07) is 4.13. The maximum Gasteiger partial charge on any atom is 0.123 e. The second kappa shape index (κ2) is 6.61. The fourth-order valence-corrected chi connectivity index (χ4v) is 1.77. The van der Waals surface area contributed by atoms with Crippen molar-refractivity contribution in [3.05, 3.63) is 23.3 Å². The average Bonchev–Trinajstić information content (AvgIpc) is 2.28. The van der Waals surface area contributed by atoms with E-state index in [4.69, 9.17) is 10.6 Å². The van der Waals surface area contributed by atoms with E-state index in [1.807, 2.05) is 21.0 Å². The SMILES string of the molecule is Cc1cc(OCCN(C)C)c(C(C)C)cc1NN. The number of rotatable bonds is 6. The van der Waals surface area contributed by atoms with Crippen molar-refractivity contribution in [2.45, 2.75) is 26.7 Å². The van der Waals surface area contributed by atoms with Gasteiger partial charge in [0, 0.05) is 6.54 Å². The van der Waals surface area contributed by atoms with Crippen molar-refractivity contribution < 1.29 is 4.74 Å². The molecule has 0 atom stereocenters. The van der Waals surface area contributed by atoms with Gasteiger partial charge in [0.1, 0.15) is 12.4 Å². The lowest BCUT2D eigenvalue weighted by atomic mass is 9.99. The summed E-state index contributed by atoms with van der Waals surface area (Å²) >= 11 is 0. The highest BCUT2D eigenvalue weighted by Crippen LogP contribution is 2.31. The van der Waals surface area contributed by atoms with E-state index in [1.165, 1.54) is 5.56 Å². The summed E-state index contributed by atoms with van der Waals surface area (Å²) in [5.74, 6) is 6.88. The van der Waals surface area contributed by atoms with Crippen LogP contribution in [0, 0.1) is 6.92 Å². The smallest absolute Gasteiger partial charge is 0.123 e. The summed E-state index contributed by atoms with van der Waals surface area (Å²) < 4.78 is 5.88. The van der Waals surface area contributed by atoms with Gasteiger partial charge in [-0.3, -0.25) is 5.84 Å². The highest BCUT2D eigenvalue weighted by molar-refractivity contribution is 5.57. The van der Waals surface area contributed by atoms with Crippen LogP contribution in [0.2, 0.25) is 0 Å². The van der Waals surface area contributed by atoms with E-state index in [0.717, 1.165) is 23.5 Å². The molecule has 0 aliphatic carbocycles. The molecule has 102 valence electrons. The molecule has 4 heteroatoms. The topological polar surface area (TPSA) is 50.5 Å². The van der Waals surface area contributed by atoms with E-state index in [1.54, 1.807) is 0 Å². The van der Waals surface area contributed by atoms with Gasteiger partial charge in [-0.25, -0.2) is 0 Å². The van der Waals surface area contributed by atoms with Gasteiger partial charge in [0.05, 0.1) is 5.69 Å². The Kier molecular flexibility index (Phi) is 5.44. The second-order valence-electron chi connectivity index (χ2n) is 5.16. The predicted molar refractivity (Wildman–Crippen MR) is 77.1 cm³/mol. The molecule has 0 unspecified atom stereocenters. The number of nitrogens with one attached hydrogen (secondary N) is 1. The van der Waals surface area contributed by atoms with Crippen molar-refractivity contribution in [2.24, 2.45) is 5.84 Å². The number of hydrogen-bond donors (Lipinski definition) is 2. The Hall–Kier alpha value is -1.26. The van der Waals surface area contributed by atoms with Crippen LogP contribution in [-0.4, -0.2) is 32.1 Å². The lowest BCUT2D eigenvalue weighted by Gasteiger charge is -2.18. The lowest BCUT2D eigenvalue weighted by Crippen LogP contribution is -2.20. The summed E-state index contributed by atoms with van der Waals surface area (Å²) in [6.07, 6.45) is 0. The van der Waals surface area contributed by atoms with E-state index in [2.05, 4.69) is 36.3 Å². The predicted octanol–water partition coefficient (Wildman–Crippen LogP) is 2.34. The molecule has 1 rings (SSSR count). The van der Waals surface area contributed by atoms with Crippen LogP contribution in [0.25, 0.3) is 0 Å². The van der Waals surface area contributed by atoms with Crippen molar-refractivity contribution in [3.63, 3.8) is 0 Å². The Bertz CT molecular complexity index is 389. The normalized spacial score (nSPS) is 11.1. The van der Waals surface area contributed by atoms with E-state index in [-0.39, 0.29) is 0 Å². The standard InChI is InChI=1S/C14H25N3O/c1-10(2)12-9-13(16-15)11(3)8-14(12)18-7-6-17(4)5/h8-10,16H,6-7,15H2,1-5H3. The van der Waals surface area contributed by atoms with Crippen LogP contribution >= 0.6 is 0 Å². The highest BCUT2D eigenvalue weighted by Gasteiger charge is 2.11. The number of anilines is 1. The molecule has 1 aromatic carbocycles. The van der Waals surface area contributed by atoms with Crippen molar-refractivity contribution >= 4 is 5.69 Å². The van der Waals surface area contributed by atoms with Crippen LogP contribution in [0.15, 0.2) is 12.1 Å². The fraction of sp³-hybridized carbons (Fsp3) is 0.571. The van der Waals surface area contributed by atoms with Gasteiger partial charge >= 0.3 is 0 Å². The van der Waals surface area contributed by atoms with E-state index in [9.17, 15) is 0 Å². The van der Waals surface area contributed by atoms with Crippen LogP contribution < -0.4 is 16.0 Å². The molecule has 0 amide bonds. The molecule has 3 N–H and O–H groups in total. The van der Waals surface area contributed by atoms with E-state index >= 15 is 0 Å². The molecule has 0 bridgehead atoms. The number of nitrogens with zero attached hydrogens (tertiary/aromatic N) is 1. The third kappa shape index (κ3) is 3.89. The molecule has 0 radical (unpaired) electrons. The van der Waals surface area contributed by atoms with Gasteiger partial charge in [-0.15, -0.1) is 0 Å². The first kappa shape index (κ1) is 14.8. The van der Waals surface area contributed by atoms with Gasteiger partial charge in [-0.05, 0) is 50.2 Å². The highest BCUT2D eigenvalue weighted by atomic mass is 16.5. The Morgan fingerprint density at radius 3 is 2.50 bits per heavy atom. The third-order valence-electron chi connectivity index (χ3n) is 2.93. The Morgan fingerprint density at radius 2 is 2.00 bits per heavy atom. The fourth-order valence-electron chi connectivity index (χ4n) is 1.77. The van der Waals surface area contributed by atoms with Gasteiger partial charge in [0.25, 0.3) is 0 Å². The number of aryl methyl sites for hydroxylation is 1. The van der Waals surface area contributed by atoms with Gasteiger partial charge in [-0.1, -0.05) is 13.8 Å². The summed E-state index contributed by atoms with van der Waals surface area (Å²) in [7, 11) is 4.08. The summed E-state index contributed by atoms with van der Waals surface area (Å²) in [6.45, 7) is 7.95. The molecule has 0 heterocycles. The third-order valence-corrected chi connectivity index (χ3v) is 2.93. The van der Waals surface area contributed by atoms with Crippen LogP contribution in [0.5, 0.6) is 5.75 Å². The Morgan fingerprint density at radius 1 is 1.33 bits per heavy atom. The van der Waals surface area contributed by atoms with Crippen molar-refractivity contribution in [2.75, 3.05) is 32.7 Å². The number of hydrazine groups is 1. The van der Waals surface area contributed by atoms with Crippen LogP contribution in [0.3, 0.4) is 0 Å². The second-order valence-corrected chi connectivity index (χ2v) is 5.16. The minimum absolute atomic E-state index is 0.409. The number of benzene rings is 1. The van der Waals surface area contributed by atoms with Crippen molar-refractivity contribution in [1.82, 2.24) is 4.90 Å². The monoisotopic (exact) mass is 251 g/mol.